The Morgan fingerprint density at radius 1 is 1.32 bits per heavy atom. The van der Waals surface area contributed by atoms with Crippen LogP contribution in [0.15, 0.2) is 40.2 Å². The quantitative estimate of drug-likeness (QED) is 0.817. The molecule has 1 aliphatic heterocycles. The van der Waals surface area contributed by atoms with Crippen molar-refractivity contribution in [2.24, 2.45) is 0 Å². The molecule has 116 valence electrons. The molecule has 1 fully saturated rings. The van der Waals surface area contributed by atoms with E-state index in [1.807, 2.05) is 17.5 Å². The number of rotatable bonds is 3. The first kappa shape index (κ1) is 16.0. The molecule has 0 bridgehead atoms. The van der Waals surface area contributed by atoms with Gasteiger partial charge in [0.2, 0.25) is 0 Å². The Morgan fingerprint density at radius 2 is 2.09 bits per heavy atom. The van der Waals surface area contributed by atoms with Crippen molar-refractivity contribution in [1.29, 1.82) is 0 Å². The summed E-state index contributed by atoms with van der Waals surface area (Å²) in [6, 6.07) is 9.37. The number of halogens is 2. The summed E-state index contributed by atoms with van der Waals surface area (Å²) in [4.78, 5) is 13.9. The molecule has 3 rings (SSSR count). The third-order valence-electron chi connectivity index (χ3n) is 3.87. The molecule has 22 heavy (non-hydrogen) atoms. The van der Waals surface area contributed by atoms with Crippen molar-refractivity contribution in [2.45, 2.75) is 18.4 Å². The van der Waals surface area contributed by atoms with Crippen LogP contribution in [0.25, 0.3) is 0 Å². The van der Waals surface area contributed by atoms with Gasteiger partial charge in [0.15, 0.2) is 0 Å². The first-order valence-electron chi connectivity index (χ1n) is 7.00. The zero-order valence-electron chi connectivity index (χ0n) is 11.8. The molecule has 0 saturated carbocycles. The van der Waals surface area contributed by atoms with Crippen molar-refractivity contribution in [3.63, 3.8) is 0 Å². The Bertz CT molecular complexity index is 669. The van der Waals surface area contributed by atoms with E-state index in [9.17, 15) is 4.79 Å². The normalized spacial score (nSPS) is 17.2. The largest absolute Gasteiger partial charge is 0.381 e. The van der Waals surface area contributed by atoms with Crippen LogP contribution in [0.3, 0.4) is 0 Å². The minimum Gasteiger partial charge on any atom is -0.381 e. The van der Waals surface area contributed by atoms with E-state index in [1.54, 1.807) is 23.5 Å². The zero-order chi connectivity index (χ0) is 15.6. The van der Waals surface area contributed by atoms with E-state index in [1.165, 1.54) is 0 Å². The molecule has 3 nitrogen and oxygen atoms in total. The fourth-order valence-electron chi connectivity index (χ4n) is 2.66. The second-order valence-electron chi connectivity index (χ2n) is 5.25. The van der Waals surface area contributed by atoms with Crippen LogP contribution >= 0.6 is 38.9 Å². The second kappa shape index (κ2) is 6.71. The highest BCUT2D eigenvalue weighted by atomic mass is 79.9. The summed E-state index contributed by atoms with van der Waals surface area (Å²) in [6.45, 7) is 1.29. The fraction of sp³-hybridized carbons (Fsp3) is 0.312. The molecular weight excluding hydrogens is 386 g/mol. The maximum Gasteiger partial charge on any atom is 0.253 e. The van der Waals surface area contributed by atoms with Crippen molar-refractivity contribution in [1.82, 2.24) is 5.32 Å². The minimum atomic E-state index is -0.366. The third kappa shape index (κ3) is 3.23. The zero-order valence-corrected chi connectivity index (χ0v) is 14.9. The highest BCUT2D eigenvalue weighted by molar-refractivity contribution is 9.10. The SMILES string of the molecule is O=C(NC1(c2cccs2)CCOCC1)c1cc(Br)ccc1Cl. The lowest BCUT2D eigenvalue weighted by Gasteiger charge is -2.37. The van der Waals surface area contributed by atoms with Gasteiger partial charge in [0.25, 0.3) is 5.91 Å². The summed E-state index contributed by atoms with van der Waals surface area (Å²) >= 11 is 11.2. The Hall–Kier alpha value is -0.880. The molecular formula is C16H15BrClNO2S. The van der Waals surface area contributed by atoms with Crippen molar-refractivity contribution < 1.29 is 9.53 Å². The summed E-state index contributed by atoms with van der Waals surface area (Å²) in [5, 5.41) is 5.69. The number of benzene rings is 1. The van der Waals surface area contributed by atoms with Crippen molar-refractivity contribution in [3.05, 3.63) is 55.6 Å². The third-order valence-corrected chi connectivity index (χ3v) is 5.76. The summed E-state index contributed by atoms with van der Waals surface area (Å²) < 4.78 is 6.31. The Kier molecular flexibility index (Phi) is 4.88. The van der Waals surface area contributed by atoms with Gasteiger partial charge in [-0.15, -0.1) is 11.3 Å². The lowest BCUT2D eigenvalue weighted by molar-refractivity contribution is 0.0358. The topological polar surface area (TPSA) is 38.3 Å². The molecule has 6 heteroatoms. The molecule has 1 aromatic heterocycles. The first-order chi connectivity index (χ1) is 10.6. The molecule has 1 aromatic carbocycles. The van der Waals surface area contributed by atoms with Gasteiger partial charge >= 0.3 is 0 Å². The fourth-order valence-corrected chi connectivity index (χ4v) is 4.17. The van der Waals surface area contributed by atoms with Crippen molar-refractivity contribution >= 4 is 44.8 Å². The van der Waals surface area contributed by atoms with Gasteiger partial charge < -0.3 is 10.1 Å². The molecule has 1 N–H and O–H groups in total. The van der Waals surface area contributed by atoms with Gasteiger partial charge in [0.05, 0.1) is 16.1 Å². The molecule has 1 saturated heterocycles. The van der Waals surface area contributed by atoms with Gasteiger partial charge in [-0.05, 0) is 42.5 Å². The second-order valence-corrected chi connectivity index (χ2v) is 7.52. The van der Waals surface area contributed by atoms with E-state index in [2.05, 4.69) is 27.3 Å². The number of hydrogen-bond acceptors (Lipinski definition) is 3. The van der Waals surface area contributed by atoms with Crippen LogP contribution in [0.2, 0.25) is 5.02 Å². The molecule has 0 unspecified atom stereocenters. The van der Waals surface area contributed by atoms with Gasteiger partial charge in [-0.2, -0.15) is 0 Å². The van der Waals surface area contributed by atoms with Gasteiger partial charge in [-0.3, -0.25) is 4.79 Å². The van der Waals surface area contributed by atoms with Crippen LogP contribution in [-0.2, 0) is 10.3 Å². The van der Waals surface area contributed by atoms with Gasteiger partial charge in [0, 0.05) is 22.6 Å². The van der Waals surface area contributed by atoms with Crippen LogP contribution in [0.5, 0.6) is 0 Å². The highest BCUT2D eigenvalue weighted by Crippen LogP contribution is 2.35. The van der Waals surface area contributed by atoms with Crippen molar-refractivity contribution in [3.8, 4) is 0 Å². The van der Waals surface area contributed by atoms with Gasteiger partial charge in [0.1, 0.15) is 0 Å². The number of carbonyl (C=O) groups is 1. The Balaban J connectivity index is 1.90. The van der Waals surface area contributed by atoms with E-state index < -0.39 is 0 Å². The molecule has 2 heterocycles. The van der Waals surface area contributed by atoms with Gasteiger partial charge in [-0.1, -0.05) is 33.6 Å². The number of carbonyl (C=O) groups excluding carboxylic acids is 1. The van der Waals surface area contributed by atoms with Crippen LogP contribution in [-0.4, -0.2) is 19.1 Å². The standard InChI is InChI=1S/C16H15BrClNO2S/c17-11-3-4-13(18)12(10-11)15(20)19-16(5-7-21-8-6-16)14-2-1-9-22-14/h1-4,9-10H,5-8H2,(H,19,20). The minimum absolute atomic E-state index is 0.151. The number of amides is 1. The summed E-state index contributed by atoms with van der Waals surface area (Å²) in [5.74, 6) is -0.151. The number of nitrogens with one attached hydrogen (secondary N) is 1. The molecule has 1 aliphatic rings. The lowest BCUT2D eigenvalue weighted by atomic mass is 9.88. The maximum absolute atomic E-state index is 12.7. The number of hydrogen-bond donors (Lipinski definition) is 1. The smallest absolute Gasteiger partial charge is 0.253 e. The van der Waals surface area contributed by atoms with E-state index in [0.29, 0.717) is 23.8 Å². The predicted molar refractivity (Wildman–Crippen MR) is 92.7 cm³/mol. The molecule has 0 aliphatic carbocycles. The van der Waals surface area contributed by atoms with Crippen LogP contribution in [0.1, 0.15) is 28.1 Å². The lowest BCUT2D eigenvalue weighted by Crippen LogP contribution is -2.49. The van der Waals surface area contributed by atoms with E-state index in [0.717, 1.165) is 22.2 Å². The van der Waals surface area contributed by atoms with E-state index >= 15 is 0 Å². The summed E-state index contributed by atoms with van der Waals surface area (Å²) in [5.41, 5.74) is 0.119. The Morgan fingerprint density at radius 3 is 2.77 bits per heavy atom. The number of ether oxygens (including phenoxy) is 1. The van der Waals surface area contributed by atoms with Crippen LogP contribution < -0.4 is 5.32 Å². The molecule has 0 spiro atoms. The Labute approximate surface area is 146 Å². The average molecular weight is 401 g/mol. The molecule has 1 amide bonds. The van der Waals surface area contributed by atoms with Gasteiger partial charge in [-0.25, -0.2) is 0 Å². The summed E-state index contributed by atoms with van der Waals surface area (Å²) in [7, 11) is 0. The van der Waals surface area contributed by atoms with Crippen LogP contribution in [0.4, 0.5) is 0 Å². The summed E-state index contributed by atoms with van der Waals surface area (Å²) in [6.07, 6.45) is 1.54. The first-order valence-corrected chi connectivity index (χ1v) is 9.05. The monoisotopic (exact) mass is 399 g/mol. The predicted octanol–water partition coefficient (Wildman–Crippen LogP) is 4.60. The molecule has 0 radical (unpaired) electrons. The molecule has 2 aromatic rings. The van der Waals surface area contributed by atoms with E-state index in [-0.39, 0.29) is 11.4 Å². The molecule has 0 atom stereocenters. The average Bonchev–Trinajstić information content (AvgIpc) is 3.05. The highest BCUT2D eigenvalue weighted by Gasteiger charge is 2.37. The van der Waals surface area contributed by atoms with E-state index in [4.69, 9.17) is 16.3 Å². The van der Waals surface area contributed by atoms with Crippen molar-refractivity contribution in [2.75, 3.05) is 13.2 Å². The van der Waals surface area contributed by atoms with Crippen LogP contribution in [0, 0.1) is 0 Å². The number of thiophene rings is 1. The maximum atomic E-state index is 12.7.